The second-order valence-corrected chi connectivity index (χ2v) is 24.2. The molecule has 0 rings (SSSR count). The van der Waals surface area contributed by atoms with Crippen LogP contribution in [0.4, 0.5) is 0 Å². The zero-order valence-corrected chi connectivity index (χ0v) is 52.2. The average molecular weight is 1080 g/mol. The lowest BCUT2D eigenvalue weighted by Crippen LogP contribution is -2.45. The Morgan fingerprint density at radius 3 is 1.04 bits per heavy atom. The molecule has 0 bridgehead atoms. The molecule has 2 atom stereocenters. The quantitative estimate of drug-likeness (QED) is 0.0320. The molecule has 6 heteroatoms. The number of ether oxygens (including phenoxy) is 1. The third kappa shape index (κ3) is 63.4. The number of aliphatic hydroxyl groups is 2. The van der Waals surface area contributed by atoms with Crippen molar-refractivity contribution in [2.24, 2.45) is 0 Å². The number of rotatable bonds is 66. The molecule has 2 unspecified atom stereocenters. The minimum Gasteiger partial charge on any atom is -0.466 e. The van der Waals surface area contributed by atoms with Gasteiger partial charge in [0.05, 0.1) is 25.4 Å². The third-order valence-corrected chi connectivity index (χ3v) is 16.5. The molecule has 456 valence electrons. The van der Waals surface area contributed by atoms with E-state index in [1.54, 1.807) is 0 Å². The number of allylic oxidation sites excluding steroid dienone is 4. The Morgan fingerprint density at radius 2 is 0.675 bits per heavy atom. The van der Waals surface area contributed by atoms with E-state index < -0.39 is 12.1 Å². The molecule has 0 aliphatic rings. The number of hydrogen-bond acceptors (Lipinski definition) is 5. The Hall–Kier alpha value is -1.66. The van der Waals surface area contributed by atoms with Crippen LogP contribution >= 0.6 is 0 Å². The average Bonchev–Trinajstić information content (AvgIpc) is 3.43. The topological polar surface area (TPSA) is 95.9 Å². The van der Waals surface area contributed by atoms with Crippen molar-refractivity contribution in [3.05, 3.63) is 24.3 Å². The molecule has 0 heterocycles. The molecule has 0 fully saturated rings. The lowest BCUT2D eigenvalue weighted by molar-refractivity contribution is -0.143. The number of aliphatic hydroxyl groups excluding tert-OH is 2. The van der Waals surface area contributed by atoms with Crippen molar-refractivity contribution >= 4 is 11.9 Å². The Morgan fingerprint density at radius 1 is 0.364 bits per heavy atom. The summed E-state index contributed by atoms with van der Waals surface area (Å²) in [5, 5.41) is 23.4. The van der Waals surface area contributed by atoms with Crippen LogP contribution in [0, 0.1) is 0 Å². The van der Waals surface area contributed by atoms with Gasteiger partial charge < -0.3 is 20.3 Å². The molecule has 0 spiro atoms. The van der Waals surface area contributed by atoms with Crippen molar-refractivity contribution in [1.29, 1.82) is 0 Å². The van der Waals surface area contributed by atoms with Gasteiger partial charge in [-0.3, -0.25) is 9.59 Å². The van der Waals surface area contributed by atoms with Gasteiger partial charge in [-0.1, -0.05) is 353 Å². The molecule has 1 amide bonds. The summed E-state index contributed by atoms with van der Waals surface area (Å²) in [6, 6.07) is -0.541. The predicted octanol–water partition coefficient (Wildman–Crippen LogP) is 22.5. The first-order chi connectivity index (χ1) is 38.0. The van der Waals surface area contributed by atoms with Crippen molar-refractivity contribution in [3.8, 4) is 0 Å². The van der Waals surface area contributed by atoms with Gasteiger partial charge in [-0.05, 0) is 51.4 Å². The van der Waals surface area contributed by atoms with Crippen molar-refractivity contribution in [3.63, 3.8) is 0 Å². The van der Waals surface area contributed by atoms with Gasteiger partial charge in [0.15, 0.2) is 0 Å². The van der Waals surface area contributed by atoms with E-state index in [4.69, 9.17) is 4.74 Å². The van der Waals surface area contributed by atoms with E-state index in [1.807, 2.05) is 0 Å². The fraction of sp³-hybridized carbons (Fsp3) is 0.915. The monoisotopic (exact) mass is 1080 g/mol. The van der Waals surface area contributed by atoms with E-state index in [2.05, 4.69) is 43.5 Å². The molecule has 0 radical (unpaired) electrons. The SMILES string of the molecule is CCC/C=C\C/C=C\CCCCCCCC(=O)OCCCCCCCCCCCCCCCCCCCCCCCCCCCCC(=O)NC(CO)C(O)CCCCCCCCCCCCCCCCCCCCCCC. The molecule has 6 nitrogen and oxygen atoms in total. The van der Waals surface area contributed by atoms with E-state index in [0.29, 0.717) is 25.9 Å². The summed E-state index contributed by atoms with van der Waals surface area (Å²) in [5.41, 5.74) is 0. The molecule has 0 saturated heterocycles. The maximum atomic E-state index is 12.5. The summed E-state index contributed by atoms with van der Waals surface area (Å²) in [7, 11) is 0. The number of hydrogen-bond donors (Lipinski definition) is 3. The van der Waals surface area contributed by atoms with Gasteiger partial charge in [0.1, 0.15) is 0 Å². The predicted molar refractivity (Wildman–Crippen MR) is 338 cm³/mol. The summed E-state index contributed by atoms with van der Waals surface area (Å²) in [5.74, 6) is -0.0258. The number of carbonyl (C=O) groups is 2. The van der Waals surface area contributed by atoms with Gasteiger partial charge in [-0.25, -0.2) is 0 Å². The Labute approximate surface area is 481 Å². The molecule has 0 aliphatic heterocycles. The van der Waals surface area contributed by atoms with E-state index >= 15 is 0 Å². The highest BCUT2D eigenvalue weighted by Crippen LogP contribution is 2.19. The lowest BCUT2D eigenvalue weighted by atomic mass is 10.0. The number of nitrogens with one attached hydrogen (secondary N) is 1. The molecule has 0 aromatic heterocycles. The van der Waals surface area contributed by atoms with Crippen LogP contribution in [0.15, 0.2) is 24.3 Å². The number of unbranched alkanes of at least 4 members (excludes halogenated alkanes) is 51. The first-order valence-electron chi connectivity index (χ1n) is 35.1. The first-order valence-corrected chi connectivity index (χ1v) is 35.1. The summed E-state index contributed by atoms with van der Waals surface area (Å²) in [6.45, 7) is 4.92. The van der Waals surface area contributed by atoms with Crippen LogP contribution in [0.25, 0.3) is 0 Å². The summed E-state index contributed by atoms with van der Waals surface area (Å²) < 4.78 is 5.48. The second-order valence-electron chi connectivity index (χ2n) is 24.2. The van der Waals surface area contributed by atoms with Crippen LogP contribution in [0.1, 0.15) is 393 Å². The van der Waals surface area contributed by atoms with Crippen molar-refractivity contribution in [1.82, 2.24) is 5.32 Å². The largest absolute Gasteiger partial charge is 0.466 e. The highest BCUT2D eigenvalue weighted by Gasteiger charge is 2.20. The Bertz CT molecular complexity index is 1200. The minimum atomic E-state index is -0.664. The molecule has 0 aromatic carbocycles. The van der Waals surface area contributed by atoms with Gasteiger partial charge >= 0.3 is 5.97 Å². The second kappa shape index (κ2) is 66.8. The van der Waals surface area contributed by atoms with Gasteiger partial charge in [0.25, 0.3) is 0 Å². The molecule has 77 heavy (non-hydrogen) atoms. The van der Waals surface area contributed by atoms with Crippen molar-refractivity contribution in [2.75, 3.05) is 13.2 Å². The number of esters is 1. The number of amides is 1. The summed E-state index contributed by atoms with van der Waals surface area (Å²) >= 11 is 0. The fourth-order valence-electron chi connectivity index (χ4n) is 11.2. The molecule has 0 aliphatic carbocycles. The first kappa shape index (κ1) is 75.3. The van der Waals surface area contributed by atoms with Gasteiger partial charge in [-0.2, -0.15) is 0 Å². The smallest absolute Gasteiger partial charge is 0.305 e. The van der Waals surface area contributed by atoms with E-state index in [0.717, 1.165) is 51.4 Å². The number of carbonyl (C=O) groups excluding carboxylic acids is 2. The van der Waals surface area contributed by atoms with Crippen molar-refractivity contribution in [2.45, 2.75) is 405 Å². The van der Waals surface area contributed by atoms with Crippen LogP contribution in [0.3, 0.4) is 0 Å². The zero-order valence-electron chi connectivity index (χ0n) is 52.2. The maximum absolute atomic E-state index is 12.5. The van der Waals surface area contributed by atoms with E-state index in [-0.39, 0.29) is 18.5 Å². The summed E-state index contributed by atoms with van der Waals surface area (Å²) in [6.07, 6.45) is 83.7. The third-order valence-electron chi connectivity index (χ3n) is 16.5. The Kier molecular flexibility index (Phi) is 65.4. The van der Waals surface area contributed by atoms with Crippen LogP contribution in [0.2, 0.25) is 0 Å². The van der Waals surface area contributed by atoms with Crippen LogP contribution in [0.5, 0.6) is 0 Å². The van der Waals surface area contributed by atoms with Gasteiger partial charge in [-0.15, -0.1) is 0 Å². The molecule has 0 saturated carbocycles. The summed E-state index contributed by atoms with van der Waals surface area (Å²) in [4.78, 5) is 24.6. The van der Waals surface area contributed by atoms with E-state index in [1.165, 1.54) is 308 Å². The minimum absolute atomic E-state index is 0.00261. The van der Waals surface area contributed by atoms with Crippen LogP contribution in [-0.4, -0.2) is 47.4 Å². The Balaban J connectivity index is 3.36. The highest BCUT2D eigenvalue weighted by atomic mass is 16.5. The van der Waals surface area contributed by atoms with Gasteiger partial charge in [0, 0.05) is 12.8 Å². The van der Waals surface area contributed by atoms with Crippen molar-refractivity contribution < 1.29 is 24.5 Å². The zero-order chi connectivity index (χ0) is 55.7. The molecule has 0 aromatic rings. The van der Waals surface area contributed by atoms with Crippen LogP contribution in [-0.2, 0) is 14.3 Å². The standard InChI is InChI=1S/C71H137NO5/c1-3-5-7-9-11-13-15-17-18-19-20-27-30-33-36-40-43-47-51-55-59-63-69(74)68(67-73)72-70(75)64-60-56-52-48-44-41-37-34-31-28-25-23-21-22-24-26-29-32-35-38-42-46-50-54-58-62-66-77-71(76)65-61-57-53-49-45-39-16-14-12-10-8-6-4-2/h8,10,14,16,68-69,73-74H,3-7,9,11-13,15,17-67H2,1-2H3,(H,72,75)/b10-8-,16-14-. The van der Waals surface area contributed by atoms with E-state index in [9.17, 15) is 19.8 Å². The molecule has 3 N–H and O–H groups in total. The van der Waals surface area contributed by atoms with Crippen LogP contribution < -0.4 is 5.32 Å². The normalized spacial score (nSPS) is 12.6. The van der Waals surface area contributed by atoms with Gasteiger partial charge in [0.2, 0.25) is 5.91 Å². The maximum Gasteiger partial charge on any atom is 0.305 e. The highest BCUT2D eigenvalue weighted by molar-refractivity contribution is 5.76. The lowest BCUT2D eigenvalue weighted by Gasteiger charge is -2.22. The fourth-order valence-corrected chi connectivity index (χ4v) is 11.2. The molecular weight excluding hydrogens is 947 g/mol. The molecular formula is C71H137NO5.